The summed E-state index contributed by atoms with van der Waals surface area (Å²) < 4.78 is 9.58. The molecular formula is C18H18O4. The Hall–Kier alpha value is -3.14. The van der Waals surface area contributed by atoms with Crippen LogP contribution in [0.5, 0.6) is 0 Å². The molecule has 0 aliphatic heterocycles. The van der Waals surface area contributed by atoms with E-state index in [0.717, 1.165) is 17.7 Å². The molecule has 0 aromatic carbocycles. The highest BCUT2D eigenvalue weighted by Crippen LogP contribution is 2.03. The van der Waals surface area contributed by atoms with Gasteiger partial charge < -0.3 is 9.47 Å². The number of carbonyl (C=O) groups excluding carboxylic acids is 2. The van der Waals surface area contributed by atoms with Gasteiger partial charge >= 0.3 is 11.9 Å². The molecule has 22 heavy (non-hydrogen) atoms. The van der Waals surface area contributed by atoms with Crippen molar-refractivity contribution in [2.75, 3.05) is 0 Å². The van der Waals surface area contributed by atoms with Gasteiger partial charge in [0.15, 0.2) is 0 Å². The van der Waals surface area contributed by atoms with E-state index >= 15 is 0 Å². The standard InChI is InChI=1S/C18H18O4/c1-5-15(12-10-14-21-17(19)7-3)11-9-13-16(6-2)22-18(20)8-4/h5-14H,1-4H2/b11-9+,14-10+,15-12+,16-13+. The molecule has 4 heteroatoms. The average Bonchev–Trinajstić information content (AvgIpc) is 2.55. The molecule has 0 unspecified atom stereocenters. The first-order chi connectivity index (χ1) is 10.6. The molecule has 0 aliphatic rings. The van der Waals surface area contributed by atoms with Crippen LogP contribution in [-0.4, -0.2) is 11.9 Å². The molecule has 0 heterocycles. The number of allylic oxidation sites excluding steroid dienone is 8. The van der Waals surface area contributed by atoms with Crippen LogP contribution in [0.15, 0.2) is 98.6 Å². The summed E-state index contributed by atoms with van der Waals surface area (Å²) in [4.78, 5) is 21.9. The van der Waals surface area contributed by atoms with Gasteiger partial charge in [0, 0.05) is 12.2 Å². The van der Waals surface area contributed by atoms with Crippen LogP contribution in [0.1, 0.15) is 0 Å². The molecule has 114 valence electrons. The van der Waals surface area contributed by atoms with Gasteiger partial charge in [0.25, 0.3) is 0 Å². The first kappa shape index (κ1) is 18.9. The summed E-state index contributed by atoms with van der Waals surface area (Å²) in [6.07, 6.45) is 14.5. The van der Waals surface area contributed by atoms with E-state index in [-0.39, 0.29) is 0 Å². The minimum atomic E-state index is -0.564. The lowest BCUT2D eigenvalue weighted by molar-refractivity contribution is -0.133. The SMILES string of the molecule is C=CC(=O)O/C=C/C=C(C=C)/C=C/C=C(\C=C)OC(=O)C=C. The first-order valence-corrected chi connectivity index (χ1v) is 6.24. The Morgan fingerprint density at radius 2 is 1.45 bits per heavy atom. The second-order valence-corrected chi connectivity index (χ2v) is 3.60. The lowest BCUT2D eigenvalue weighted by Crippen LogP contribution is -1.97. The third-order valence-electron chi connectivity index (χ3n) is 2.09. The summed E-state index contributed by atoms with van der Waals surface area (Å²) in [5.41, 5.74) is 0.751. The van der Waals surface area contributed by atoms with Crippen molar-refractivity contribution in [3.63, 3.8) is 0 Å². The Kier molecular flexibility index (Phi) is 10.0. The minimum Gasteiger partial charge on any atom is -0.431 e. The molecule has 0 aromatic rings. The predicted octanol–water partition coefficient (Wildman–Crippen LogP) is 3.70. The number of ether oxygens (including phenoxy) is 2. The summed E-state index contributed by atoms with van der Waals surface area (Å²) in [5.74, 6) is -0.811. The zero-order chi connectivity index (χ0) is 16.8. The van der Waals surface area contributed by atoms with E-state index in [1.165, 1.54) is 12.3 Å². The van der Waals surface area contributed by atoms with Crippen molar-refractivity contribution in [3.8, 4) is 0 Å². The van der Waals surface area contributed by atoms with Crippen LogP contribution in [0.2, 0.25) is 0 Å². The van der Waals surface area contributed by atoms with Crippen molar-refractivity contribution < 1.29 is 19.1 Å². The molecular weight excluding hydrogens is 280 g/mol. The summed E-state index contributed by atoms with van der Waals surface area (Å²) >= 11 is 0. The molecule has 0 atom stereocenters. The minimum absolute atomic E-state index is 0.292. The van der Waals surface area contributed by atoms with Gasteiger partial charge in [-0.1, -0.05) is 50.6 Å². The number of esters is 2. The predicted molar refractivity (Wildman–Crippen MR) is 87.4 cm³/mol. The number of hydrogen-bond donors (Lipinski definition) is 0. The van der Waals surface area contributed by atoms with Gasteiger partial charge in [-0.2, -0.15) is 0 Å². The van der Waals surface area contributed by atoms with Crippen LogP contribution in [-0.2, 0) is 19.1 Å². The molecule has 0 rings (SSSR count). The molecule has 0 aliphatic carbocycles. The van der Waals surface area contributed by atoms with Crippen molar-refractivity contribution >= 4 is 11.9 Å². The van der Waals surface area contributed by atoms with E-state index in [9.17, 15) is 9.59 Å². The largest absolute Gasteiger partial charge is 0.431 e. The van der Waals surface area contributed by atoms with Gasteiger partial charge in [-0.3, -0.25) is 0 Å². The first-order valence-electron chi connectivity index (χ1n) is 6.24. The molecule has 0 N–H and O–H groups in total. The molecule has 0 saturated heterocycles. The van der Waals surface area contributed by atoms with Gasteiger partial charge in [-0.05, 0) is 23.8 Å². The van der Waals surface area contributed by atoms with Crippen molar-refractivity contribution in [3.05, 3.63) is 98.6 Å². The van der Waals surface area contributed by atoms with Gasteiger partial charge in [0.2, 0.25) is 0 Å². The van der Waals surface area contributed by atoms with Crippen LogP contribution in [0.4, 0.5) is 0 Å². The molecule has 0 amide bonds. The second kappa shape index (κ2) is 11.7. The van der Waals surface area contributed by atoms with Crippen LogP contribution >= 0.6 is 0 Å². The van der Waals surface area contributed by atoms with Crippen molar-refractivity contribution in [2.45, 2.75) is 0 Å². The number of hydrogen-bond acceptors (Lipinski definition) is 4. The number of carbonyl (C=O) groups is 2. The van der Waals surface area contributed by atoms with Crippen molar-refractivity contribution in [1.82, 2.24) is 0 Å². The van der Waals surface area contributed by atoms with E-state index < -0.39 is 11.9 Å². The lowest BCUT2D eigenvalue weighted by atomic mass is 10.2. The van der Waals surface area contributed by atoms with E-state index in [0.29, 0.717) is 5.76 Å². The molecule has 4 nitrogen and oxygen atoms in total. The fourth-order valence-electron chi connectivity index (χ4n) is 1.05. The molecule has 0 bridgehead atoms. The van der Waals surface area contributed by atoms with Gasteiger partial charge in [0.05, 0.1) is 6.26 Å². The molecule has 0 spiro atoms. The summed E-state index contributed by atoms with van der Waals surface area (Å²) in [6, 6.07) is 0. The third-order valence-corrected chi connectivity index (χ3v) is 2.09. The normalized spacial score (nSPS) is 12.0. The lowest BCUT2D eigenvalue weighted by Gasteiger charge is -1.99. The fraction of sp³-hybridized carbons (Fsp3) is 0. The van der Waals surface area contributed by atoms with Crippen molar-refractivity contribution in [1.29, 1.82) is 0 Å². The Morgan fingerprint density at radius 1 is 0.773 bits per heavy atom. The van der Waals surface area contributed by atoms with Gasteiger partial charge in [-0.25, -0.2) is 9.59 Å². The summed E-state index contributed by atoms with van der Waals surface area (Å²) in [5, 5.41) is 0. The average molecular weight is 298 g/mol. The maximum Gasteiger partial charge on any atom is 0.335 e. The maximum absolute atomic E-state index is 11.1. The quantitative estimate of drug-likeness (QED) is 0.282. The third kappa shape index (κ3) is 8.87. The van der Waals surface area contributed by atoms with E-state index in [4.69, 9.17) is 4.74 Å². The fourth-order valence-corrected chi connectivity index (χ4v) is 1.05. The van der Waals surface area contributed by atoms with Crippen LogP contribution in [0.3, 0.4) is 0 Å². The number of rotatable bonds is 9. The topological polar surface area (TPSA) is 52.6 Å². The van der Waals surface area contributed by atoms with Gasteiger partial charge in [0.1, 0.15) is 5.76 Å². The summed E-state index contributed by atoms with van der Waals surface area (Å²) in [7, 11) is 0. The van der Waals surface area contributed by atoms with E-state index in [1.807, 2.05) is 0 Å². The molecule has 0 fully saturated rings. The van der Waals surface area contributed by atoms with Crippen LogP contribution in [0.25, 0.3) is 0 Å². The van der Waals surface area contributed by atoms with Gasteiger partial charge in [-0.15, -0.1) is 0 Å². The zero-order valence-electron chi connectivity index (χ0n) is 12.2. The highest BCUT2D eigenvalue weighted by Gasteiger charge is 1.97. The Morgan fingerprint density at radius 3 is 2.00 bits per heavy atom. The molecule has 0 saturated carbocycles. The zero-order valence-corrected chi connectivity index (χ0v) is 12.2. The second-order valence-electron chi connectivity index (χ2n) is 3.60. The van der Waals surface area contributed by atoms with E-state index in [2.05, 4.69) is 31.1 Å². The monoisotopic (exact) mass is 298 g/mol. The highest BCUT2D eigenvalue weighted by atomic mass is 16.5. The highest BCUT2D eigenvalue weighted by molar-refractivity contribution is 5.82. The van der Waals surface area contributed by atoms with Crippen LogP contribution < -0.4 is 0 Å². The molecule has 0 aromatic heterocycles. The van der Waals surface area contributed by atoms with E-state index in [1.54, 1.807) is 36.5 Å². The Labute approximate surface area is 130 Å². The maximum atomic E-state index is 11.1. The summed E-state index contributed by atoms with van der Waals surface area (Å²) in [6.45, 7) is 13.8. The smallest absolute Gasteiger partial charge is 0.335 e. The molecule has 0 radical (unpaired) electrons. The Balaban J connectivity index is 4.76. The van der Waals surface area contributed by atoms with Crippen molar-refractivity contribution in [2.24, 2.45) is 0 Å². The van der Waals surface area contributed by atoms with Crippen LogP contribution in [0, 0.1) is 0 Å². The Bertz CT molecular complexity index is 572.